The molecule has 0 saturated carbocycles. The lowest BCUT2D eigenvalue weighted by molar-refractivity contribution is 0.0815. The fraction of sp³-hybridized carbons (Fsp3) is 0.421. The largest absolute Gasteiger partial charge is 0.364 e. The zero-order valence-electron chi connectivity index (χ0n) is 16.3. The zero-order valence-corrected chi connectivity index (χ0v) is 17.1. The number of aromatic nitrogens is 3. The number of carbonyl (C=O) groups excluding carboxylic acids is 1. The number of halogens is 1. The van der Waals surface area contributed by atoms with Gasteiger partial charge in [0.25, 0.3) is 5.91 Å². The number of nitrogens with one attached hydrogen (secondary N) is 1. The van der Waals surface area contributed by atoms with E-state index in [1.165, 1.54) is 11.1 Å². The Labute approximate surface area is 169 Å². The smallest absolute Gasteiger partial charge is 0.291 e. The lowest BCUT2D eigenvalue weighted by Gasteiger charge is -2.22. The van der Waals surface area contributed by atoms with E-state index in [1.54, 1.807) is 20.2 Å². The van der Waals surface area contributed by atoms with Crippen LogP contribution in [-0.4, -0.2) is 59.0 Å². The summed E-state index contributed by atoms with van der Waals surface area (Å²) in [4.78, 5) is 29.0. The topological polar surface area (TPSA) is 98.0 Å². The third kappa shape index (κ3) is 3.99. The van der Waals surface area contributed by atoms with Gasteiger partial charge in [-0.15, -0.1) is 0 Å². The predicted molar refractivity (Wildman–Crippen MR) is 108 cm³/mol. The molecule has 1 saturated heterocycles. The van der Waals surface area contributed by atoms with Gasteiger partial charge in [-0.05, 0) is 26.3 Å². The summed E-state index contributed by atoms with van der Waals surface area (Å²) in [6.07, 6.45) is 2.37. The lowest BCUT2D eigenvalue weighted by atomic mass is 10.2. The Kier molecular flexibility index (Phi) is 5.66. The first kappa shape index (κ1) is 19.8. The number of carbonyl (C=O) groups is 1. The maximum atomic E-state index is 12.3. The number of hydrogen-bond donors (Lipinski definition) is 1. The van der Waals surface area contributed by atoms with E-state index in [1.807, 2.05) is 19.9 Å². The number of anilines is 2. The van der Waals surface area contributed by atoms with Crippen molar-refractivity contribution in [3.05, 3.63) is 39.9 Å². The van der Waals surface area contributed by atoms with Gasteiger partial charge in [0.15, 0.2) is 0 Å². The van der Waals surface area contributed by atoms with E-state index in [-0.39, 0.29) is 17.8 Å². The summed E-state index contributed by atoms with van der Waals surface area (Å²) in [5.74, 6) is 1.33. The maximum Gasteiger partial charge on any atom is 0.291 e. The molecule has 1 N–H and O–H groups in total. The van der Waals surface area contributed by atoms with E-state index in [2.05, 4.69) is 25.2 Å². The fourth-order valence-corrected chi connectivity index (χ4v) is 3.31. The molecule has 8 nitrogen and oxygen atoms in total. The van der Waals surface area contributed by atoms with Gasteiger partial charge in [0, 0.05) is 50.7 Å². The van der Waals surface area contributed by atoms with Gasteiger partial charge in [-0.1, -0.05) is 11.6 Å². The molecule has 28 heavy (non-hydrogen) atoms. The van der Waals surface area contributed by atoms with E-state index >= 15 is 0 Å². The minimum Gasteiger partial charge on any atom is -0.364 e. The maximum absolute atomic E-state index is 12.3. The normalized spacial score (nSPS) is 16.0. The number of nitrogens with zero attached hydrogens (tertiary/aromatic N) is 6. The van der Waals surface area contributed by atoms with Crippen molar-refractivity contribution in [3.63, 3.8) is 0 Å². The van der Waals surface area contributed by atoms with Crippen molar-refractivity contribution in [2.24, 2.45) is 0 Å². The van der Waals surface area contributed by atoms with E-state index in [0.717, 1.165) is 30.0 Å². The highest BCUT2D eigenvalue weighted by molar-refractivity contribution is 6.33. The van der Waals surface area contributed by atoms with Gasteiger partial charge in [0.1, 0.15) is 17.7 Å². The molecule has 2 aromatic rings. The molecule has 0 spiro atoms. The molecule has 0 bridgehead atoms. The van der Waals surface area contributed by atoms with Gasteiger partial charge in [-0.3, -0.25) is 4.79 Å². The Morgan fingerprint density at radius 3 is 2.79 bits per heavy atom. The van der Waals surface area contributed by atoms with Crippen molar-refractivity contribution >= 4 is 29.1 Å². The van der Waals surface area contributed by atoms with Crippen LogP contribution < -0.4 is 10.2 Å². The third-order valence-corrected chi connectivity index (χ3v) is 5.05. The fourth-order valence-electron chi connectivity index (χ4n) is 3.09. The number of hydrogen-bond acceptors (Lipinski definition) is 7. The molecule has 0 radical (unpaired) electrons. The number of rotatable bonds is 4. The van der Waals surface area contributed by atoms with E-state index in [0.29, 0.717) is 22.9 Å². The summed E-state index contributed by atoms with van der Waals surface area (Å²) in [6, 6.07) is 3.75. The summed E-state index contributed by atoms with van der Waals surface area (Å²) in [5, 5.41) is 12.7. The Morgan fingerprint density at radius 2 is 2.14 bits per heavy atom. The summed E-state index contributed by atoms with van der Waals surface area (Å²) < 4.78 is 0. The third-order valence-electron chi connectivity index (χ3n) is 4.76. The SMILES string of the molecule is Cc1nc(C(=O)N(C)C)nc(N2CC[C@@H](Nc3ncc(C#N)cc3Cl)C2)c1C. The van der Waals surface area contributed by atoms with E-state index in [4.69, 9.17) is 16.9 Å². The van der Waals surface area contributed by atoms with Gasteiger partial charge in [-0.2, -0.15) is 5.26 Å². The molecule has 1 atom stereocenters. The monoisotopic (exact) mass is 399 g/mol. The summed E-state index contributed by atoms with van der Waals surface area (Å²) >= 11 is 6.22. The quantitative estimate of drug-likeness (QED) is 0.842. The first-order valence-electron chi connectivity index (χ1n) is 8.94. The van der Waals surface area contributed by atoms with Crippen molar-refractivity contribution in [1.82, 2.24) is 19.9 Å². The van der Waals surface area contributed by atoms with Crippen LogP contribution in [0, 0.1) is 25.2 Å². The molecule has 2 aromatic heterocycles. The molecule has 1 amide bonds. The highest BCUT2D eigenvalue weighted by atomic mass is 35.5. The van der Waals surface area contributed by atoms with Gasteiger partial charge < -0.3 is 15.1 Å². The van der Waals surface area contributed by atoms with Crippen LogP contribution >= 0.6 is 11.6 Å². The second-order valence-electron chi connectivity index (χ2n) is 7.02. The van der Waals surface area contributed by atoms with Crippen LogP contribution in [0.5, 0.6) is 0 Å². The zero-order chi connectivity index (χ0) is 20.4. The van der Waals surface area contributed by atoms with Crippen molar-refractivity contribution in [1.29, 1.82) is 5.26 Å². The molecule has 3 heterocycles. The number of amides is 1. The predicted octanol–water partition coefficient (Wildman–Crippen LogP) is 2.41. The molecule has 0 unspecified atom stereocenters. The van der Waals surface area contributed by atoms with Crippen LogP contribution in [0.4, 0.5) is 11.6 Å². The van der Waals surface area contributed by atoms with Crippen LogP contribution in [0.25, 0.3) is 0 Å². The van der Waals surface area contributed by atoms with Gasteiger partial charge >= 0.3 is 0 Å². The molecule has 0 aliphatic carbocycles. The Hall–Kier alpha value is -2.92. The average molecular weight is 400 g/mol. The molecule has 3 rings (SSSR count). The van der Waals surface area contributed by atoms with Gasteiger partial charge in [0.2, 0.25) is 5.82 Å². The first-order valence-corrected chi connectivity index (χ1v) is 9.32. The minimum atomic E-state index is -0.216. The van der Waals surface area contributed by atoms with Crippen LogP contribution in [0.1, 0.15) is 33.9 Å². The Bertz CT molecular complexity index is 954. The summed E-state index contributed by atoms with van der Waals surface area (Å²) in [7, 11) is 3.37. The number of aryl methyl sites for hydroxylation is 1. The van der Waals surface area contributed by atoms with Crippen molar-refractivity contribution in [3.8, 4) is 6.07 Å². The van der Waals surface area contributed by atoms with Crippen molar-refractivity contribution < 1.29 is 4.79 Å². The van der Waals surface area contributed by atoms with Crippen LogP contribution in [0.2, 0.25) is 5.02 Å². The molecule has 146 valence electrons. The summed E-state index contributed by atoms with van der Waals surface area (Å²) in [5.41, 5.74) is 2.18. The van der Waals surface area contributed by atoms with E-state index < -0.39 is 0 Å². The van der Waals surface area contributed by atoms with Gasteiger partial charge in [0.05, 0.1) is 10.6 Å². The van der Waals surface area contributed by atoms with Crippen LogP contribution in [-0.2, 0) is 0 Å². The molecular weight excluding hydrogens is 378 g/mol. The average Bonchev–Trinajstić information content (AvgIpc) is 3.13. The lowest BCUT2D eigenvalue weighted by Crippen LogP contribution is -2.30. The number of pyridine rings is 1. The van der Waals surface area contributed by atoms with Crippen molar-refractivity contribution in [2.75, 3.05) is 37.4 Å². The molecule has 9 heteroatoms. The minimum absolute atomic E-state index is 0.126. The van der Waals surface area contributed by atoms with Gasteiger partial charge in [-0.25, -0.2) is 15.0 Å². The second kappa shape index (κ2) is 7.98. The summed E-state index contributed by atoms with van der Waals surface area (Å²) in [6.45, 7) is 5.34. The molecule has 1 aliphatic rings. The molecular formula is C19H22ClN7O. The number of nitriles is 1. The second-order valence-corrected chi connectivity index (χ2v) is 7.43. The van der Waals surface area contributed by atoms with Crippen molar-refractivity contribution in [2.45, 2.75) is 26.3 Å². The highest BCUT2D eigenvalue weighted by Gasteiger charge is 2.27. The Balaban J connectivity index is 1.78. The van der Waals surface area contributed by atoms with Crippen LogP contribution in [0.15, 0.2) is 12.3 Å². The first-order chi connectivity index (χ1) is 13.3. The van der Waals surface area contributed by atoms with Crippen LogP contribution in [0.3, 0.4) is 0 Å². The van der Waals surface area contributed by atoms with E-state index in [9.17, 15) is 4.79 Å². The molecule has 1 aliphatic heterocycles. The standard InChI is InChI=1S/C19H22ClN7O/c1-11-12(2)23-17(19(28)26(3)4)25-18(11)27-6-5-14(10-27)24-16-15(20)7-13(8-21)9-22-16/h7,9,14H,5-6,10H2,1-4H3,(H,22,24)/t14-/m1/s1. The highest BCUT2D eigenvalue weighted by Crippen LogP contribution is 2.27. The molecule has 1 fully saturated rings. The molecule has 0 aromatic carbocycles. The Morgan fingerprint density at radius 1 is 1.39 bits per heavy atom.